The van der Waals surface area contributed by atoms with E-state index in [-0.39, 0.29) is 18.1 Å². The first-order chi connectivity index (χ1) is 26.1. The van der Waals surface area contributed by atoms with Crippen LogP contribution >= 0.6 is 0 Å². The quantitative estimate of drug-likeness (QED) is 0.177. The number of rotatable bonds is 5. The van der Waals surface area contributed by atoms with Crippen molar-refractivity contribution in [3.8, 4) is 44.8 Å². The molecule has 234 valence electrons. The van der Waals surface area contributed by atoms with Crippen molar-refractivity contribution < 1.29 is 4.11 Å². The van der Waals surface area contributed by atoms with Crippen LogP contribution in [-0.2, 0) is 0 Å². The molecule has 50 heavy (non-hydrogen) atoms. The molecule has 0 amide bonds. The number of hydrogen-bond donors (Lipinski definition) is 0. The van der Waals surface area contributed by atoms with Crippen LogP contribution in [0.4, 0.5) is 0 Å². The van der Waals surface area contributed by atoms with Crippen molar-refractivity contribution in [1.29, 1.82) is 0 Å². The van der Waals surface area contributed by atoms with Gasteiger partial charge in [-0.1, -0.05) is 140 Å². The van der Waals surface area contributed by atoms with Gasteiger partial charge in [-0.05, 0) is 82.4 Å². The maximum absolute atomic E-state index is 9.76. The lowest BCUT2D eigenvalue weighted by Crippen LogP contribution is -1.97. The SMILES string of the molecule is [2H]c1c(-c2ccc3c(c2)c2c(-c4ccccc4)cccc2n3-c2ccccc2-c2ccccc2)c([2H])c2c3ccccc3n(-c3ccccc3)c2c1[2H]. The van der Waals surface area contributed by atoms with Gasteiger partial charge in [0.1, 0.15) is 0 Å². The second kappa shape index (κ2) is 11.5. The number of fused-ring (bicyclic) bond motifs is 6. The molecule has 0 aliphatic rings. The van der Waals surface area contributed by atoms with Gasteiger partial charge in [-0.15, -0.1) is 0 Å². The van der Waals surface area contributed by atoms with Crippen LogP contribution in [0.2, 0.25) is 0 Å². The van der Waals surface area contributed by atoms with E-state index in [0.29, 0.717) is 16.5 Å². The molecule has 0 spiro atoms. The fourth-order valence-electron chi connectivity index (χ4n) is 7.63. The van der Waals surface area contributed by atoms with Crippen LogP contribution in [0, 0.1) is 0 Å². The van der Waals surface area contributed by atoms with Crippen LogP contribution in [0.1, 0.15) is 4.11 Å². The van der Waals surface area contributed by atoms with E-state index >= 15 is 0 Å². The molecule has 8 aromatic carbocycles. The van der Waals surface area contributed by atoms with Gasteiger partial charge >= 0.3 is 0 Å². The van der Waals surface area contributed by atoms with Crippen molar-refractivity contribution >= 4 is 43.6 Å². The third-order valence-corrected chi connectivity index (χ3v) is 9.84. The summed E-state index contributed by atoms with van der Waals surface area (Å²) < 4.78 is 33.1. The van der Waals surface area contributed by atoms with Gasteiger partial charge in [-0.25, -0.2) is 0 Å². The van der Waals surface area contributed by atoms with Crippen molar-refractivity contribution in [2.24, 2.45) is 0 Å². The lowest BCUT2D eigenvalue weighted by molar-refractivity contribution is 1.18. The molecule has 2 aromatic heterocycles. The summed E-state index contributed by atoms with van der Waals surface area (Å²) in [6.07, 6.45) is 0. The zero-order valence-corrected chi connectivity index (χ0v) is 27.1. The van der Waals surface area contributed by atoms with Crippen molar-refractivity contribution in [2.75, 3.05) is 0 Å². The second-order valence-corrected chi connectivity index (χ2v) is 12.7. The van der Waals surface area contributed by atoms with E-state index in [4.69, 9.17) is 0 Å². The molecule has 0 aliphatic carbocycles. The van der Waals surface area contributed by atoms with Gasteiger partial charge in [0, 0.05) is 32.8 Å². The van der Waals surface area contributed by atoms with Crippen LogP contribution in [-0.4, -0.2) is 9.13 Å². The Labute approximate surface area is 294 Å². The molecular weight excluding hydrogens is 605 g/mol. The van der Waals surface area contributed by atoms with E-state index in [1.54, 1.807) is 0 Å². The summed E-state index contributed by atoms with van der Waals surface area (Å²) >= 11 is 0. The van der Waals surface area contributed by atoms with Crippen LogP contribution in [0.25, 0.3) is 88.4 Å². The third-order valence-electron chi connectivity index (χ3n) is 9.84. The summed E-state index contributed by atoms with van der Waals surface area (Å²) in [7, 11) is 0. The molecule has 2 nitrogen and oxygen atoms in total. The molecule has 2 heterocycles. The zero-order valence-electron chi connectivity index (χ0n) is 30.1. The maximum atomic E-state index is 9.76. The first kappa shape index (κ1) is 25.4. The lowest BCUT2D eigenvalue weighted by Gasteiger charge is -2.14. The summed E-state index contributed by atoms with van der Waals surface area (Å²) in [5.74, 6) is 0. The molecule has 0 unspecified atom stereocenters. The molecule has 10 aromatic rings. The third kappa shape index (κ3) is 4.43. The van der Waals surface area contributed by atoms with E-state index in [1.807, 2.05) is 77.4 Å². The van der Waals surface area contributed by atoms with Crippen molar-refractivity contribution in [3.05, 3.63) is 194 Å². The number of aromatic nitrogens is 2. The van der Waals surface area contributed by atoms with E-state index in [1.165, 1.54) is 0 Å². The molecule has 0 saturated heterocycles. The Morgan fingerprint density at radius 1 is 0.360 bits per heavy atom. The zero-order chi connectivity index (χ0) is 35.6. The first-order valence-corrected chi connectivity index (χ1v) is 17.0. The fraction of sp³-hybridized carbons (Fsp3) is 0. The Balaban J connectivity index is 1.30. The monoisotopic (exact) mass is 639 g/mol. The van der Waals surface area contributed by atoms with Crippen LogP contribution < -0.4 is 0 Å². The van der Waals surface area contributed by atoms with Crippen LogP contribution in [0.5, 0.6) is 0 Å². The Bertz CT molecular complexity index is 3020. The molecule has 0 fully saturated rings. The topological polar surface area (TPSA) is 9.86 Å². The summed E-state index contributed by atoms with van der Waals surface area (Å²) in [5, 5.41) is 3.71. The molecule has 0 radical (unpaired) electrons. The Kier molecular flexibility index (Phi) is 5.84. The summed E-state index contributed by atoms with van der Waals surface area (Å²) in [6, 6.07) is 60.6. The number of benzene rings is 8. The molecule has 0 bridgehead atoms. The predicted molar refractivity (Wildman–Crippen MR) is 211 cm³/mol. The van der Waals surface area contributed by atoms with Gasteiger partial charge in [-0.2, -0.15) is 0 Å². The minimum Gasteiger partial charge on any atom is -0.309 e. The van der Waals surface area contributed by atoms with Gasteiger partial charge in [-0.3, -0.25) is 0 Å². The molecule has 10 rings (SSSR count). The maximum Gasteiger partial charge on any atom is 0.0645 e. The lowest BCUT2D eigenvalue weighted by atomic mass is 9.97. The van der Waals surface area contributed by atoms with Gasteiger partial charge < -0.3 is 9.13 Å². The van der Waals surface area contributed by atoms with E-state index in [0.717, 1.165) is 71.9 Å². The molecule has 0 saturated carbocycles. The highest BCUT2D eigenvalue weighted by atomic mass is 15.0. The molecule has 0 N–H and O–H groups in total. The van der Waals surface area contributed by atoms with Crippen molar-refractivity contribution in [2.45, 2.75) is 0 Å². The number of hydrogen-bond acceptors (Lipinski definition) is 0. The van der Waals surface area contributed by atoms with Crippen LogP contribution in [0.15, 0.2) is 194 Å². The molecule has 2 heteroatoms. The summed E-state index contributed by atoms with van der Waals surface area (Å²) in [5.41, 5.74) is 11.3. The summed E-state index contributed by atoms with van der Waals surface area (Å²) in [6.45, 7) is 0. The standard InChI is InChI=1S/C48H32N2/c1-4-15-33(16-5-1)38-21-10-12-24-43(38)50-46-30-28-36(32-42(46)48-39(23-14-26-47(48)50)34-17-6-2-7-18-34)35-27-29-45-41(31-35)40-22-11-13-25-44(40)49(45)37-19-8-3-9-20-37/h1-32H/i27D,29D,31D. The van der Waals surface area contributed by atoms with E-state index in [9.17, 15) is 4.11 Å². The van der Waals surface area contributed by atoms with E-state index in [2.05, 4.69) is 108 Å². The summed E-state index contributed by atoms with van der Waals surface area (Å²) in [4.78, 5) is 0. The highest BCUT2D eigenvalue weighted by molar-refractivity contribution is 6.17. The van der Waals surface area contributed by atoms with Gasteiger partial charge in [0.05, 0.1) is 31.9 Å². The molecular formula is C48H32N2. The van der Waals surface area contributed by atoms with Crippen molar-refractivity contribution in [1.82, 2.24) is 9.13 Å². The molecule has 0 aliphatic heterocycles. The predicted octanol–water partition coefficient (Wildman–Crippen LogP) is 12.9. The van der Waals surface area contributed by atoms with Gasteiger partial charge in [0.25, 0.3) is 0 Å². The first-order valence-electron chi connectivity index (χ1n) is 18.5. The average Bonchev–Trinajstić information content (AvgIpc) is 3.74. The largest absolute Gasteiger partial charge is 0.309 e. The Morgan fingerprint density at radius 3 is 1.78 bits per heavy atom. The Morgan fingerprint density at radius 2 is 0.980 bits per heavy atom. The minimum atomic E-state index is 0.0447. The smallest absolute Gasteiger partial charge is 0.0645 e. The van der Waals surface area contributed by atoms with Crippen molar-refractivity contribution in [3.63, 3.8) is 0 Å². The Hall–Kier alpha value is -6.64. The van der Waals surface area contributed by atoms with E-state index < -0.39 is 0 Å². The normalized spacial score (nSPS) is 12.4. The number of para-hydroxylation sites is 3. The van der Waals surface area contributed by atoms with Gasteiger partial charge in [0.2, 0.25) is 0 Å². The average molecular weight is 640 g/mol. The fourth-order valence-corrected chi connectivity index (χ4v) is 7.63. The van der Waals surface area contributed by atoms with Crippen LogP contribution in [0.3, 0.4) is 0 Å². The highest BCUT2D eigenvalue weighted by Gasteiger charge is 2.20. The second-order valence-electron chi connectivity index (χ2n) is 12.7. The van der Waals surface area contributed by atoms with Gasteiger partial charge in [0.15, 0.2) is 0 Å². The molecule has 0 atom stereocenters. The number of nitrogens with zero attached hydrogens (tertiary/aromatic N) is 2. The highest BCUT2D eigenvalue weighted by Crippen LogP contribution is 2.42. The minimum absolute atomic E-state index is 0.0447.